The van der Waals surface area contributed by atoms with Crippen molar-refractivity contribution in [2.45, 2.75) is 20.3 Å². The van der Waals surface area contributed by atoms with Crippen LogP contribution in [-0.2, 0) is 11.2 Å². The number of carbonyl (C=O) groups is 1. The molecule has 0 amide bonds. The van der Waals surface area contributed by atoms with Gasteiger partial charge in [0.05, 0.1) is 17.6 Å². The van der Waals surface area contributed by atoms with Crippen LogP contribution < -0.4 is 0 Å². The van der Waals surface area contributed by atoms with Crippen molar-refractivity contribution in [3.8, 4) is 0 Å². The molecule has 1 aromatic rings. The van der Waals surface area contributed by atoms with Crippen LogP contribution in [0, 0.1) is 6.92 Å². The maximum absolute atomic E-state index is 10.7. The topological polar surface area (TPSA) is 42.9 Å². The van der Waals surface area contributed by atoms with Gasteiger partial charge in [0.15, 0.2) is 0 Å². The molecule has 0 N–H and O–H groups in total. The first kappa shape index (κ1) is 9.13. The molecule has 3 nitrogen and oxygen atoms in total. The van der Waals surface area contributed by atoms with Crippen molar-refractivity contribution in [2.75, 3.05) is 0 Å². The molecule has 0 aliphatic heterocycles. The van der Waals surface area contributed by atoms with Gasteiger partial charge in [0.25, 0.3) is 0 Å². The molecule has 0 fully saturated rings. The summed E-state index contributed by atoms with van der Waals surface area (Å²) in [5.41, 5.74) is 1.33. The van der Waals surface area contributed by atoms with Gasteiger partial charge in [0.1, 0.15) is 10.9 Å². The maximum atomic E-state index is 10.7. The molecule has 1 aromatic heterocycles. The van der Waals surface area contributed by atoms with Gasteiger partial charge in [-0.1, -0.05) is 11.6 Å². The normalized spacial score (nSPS) is 9.92. The predicted octanol–water partition coefficient (Wildman–Crippen LogP) is 1.57. The molecule has 0 aliphatic carbocycles. The Bertz CT molecular complexity index is 312. The molecule has 12 heavy (non-hydrogen) atoms. The predicted molar refractivity (Wildman–Crippen MR) is 46.2 cm³/mol. The molecular formula is C8H9ClN2O. The van der Waals surface area contributed by atoms with Gasteiger partial charge in [-0.15, -0.1) is 0 Å². The zero-order chi connectivity index (χ0) is 9.14. The van der Waals surface area contributed by atoms with E-state index in [0.717, 1.165) is 0 Å². The first-order valence-corrected chi connectivity index (χ1v) is 3.95. The van der Waals surface area contributed by atoms with Crippen molar-refractivity contribution in [3.63, 3.8) is 0 Å². The van der Waals surface area contributed by atoms with E-state index in [1.807, 2.05) is 0 Å². The monoisotopic (exact) mass is 184 g/mol. The summed E-state index contributed by atoms with van der Waals surface area (Å²) < 4.78 is 0. The van der Waals surface area contributed by atoms with E-state index in [1.165, 1.54) is 13.1 Å². The van der Waals surface area contributed by atoms with Gasteiger partial charge in [-0.05, 0) is 13.8 Å². The summed E-state index contributed by atoms with van der Waals surface area (Å²) in [4.78, 5) is 18.7. The Hall–Kier alpha value is -0.960. The van der Waals surface area contributed by atoms with E-state index in [4.69, 9.17) is 11.6 Å². The average molecular weight is 185 g/mol. The Labute approximate surface area is 75.8 Å². The van der Waals surface area contributed by atoms with Crippen molar-refractivity contribution in [3.05, 3.63) is 22.7 Å². The van der Waals surface area contributed by atoms with Crippen LogP contribution in [0.5, 0.6) is 0 Å². The molecule has 4 heteroatoms. The van der Waals surface area contributed by atoms with Gasteiger partial charge in [-0.3, -0.25) is 9.78 Å². The number of hydrogen-bond acceptors (Lipinski definition) is 3. The van der Waals surface area contributed by atoms with Crippen LogP contribution in [0.1, 0.15) is 18.3 Å². The van der Waals surface area contributed by atoms with Crippen LogP contribution in [0.25, 0.3) is 0 Å². The van der Waals surface area contributed by atoms with Crippen LogP contribution in [0.3, 0.4) is 0 Å². The summed E-state index contributed by atoms with van der Waals surface area (Å²) in [6.07, 6.45) is 1.85. The molecule has 0 saturated carbocycles. The lowest BCUT2D eigenvalue weighted by Gasteiger charge is -1.99. The highest BCUT2D eigenvalue weighted by atomic mass is 35.5. The lowest BCUT2D eigenvalue weighted by atomic mass is 10.2. The van der Waals surface area contributed by atoms with Crippen LogP contribution >= 0.6 is 11.6 Å². The number of halogens is 1. The van der Waals surface area contributed by atoms with E-state index in [9.17, 15) is 4.79 Å². The zero-order valence-electron chi connectivity index (χ0n) is 6.97. The Morgan fingerprint density at radius 1 is 1.67 bits per heavy atom. The number of ketones is 1. The van der Waals surface area contributed by atoms with Gasteiger partial charge in [-0.2, -0.15) is 0 Å². The van der Waals surface area contributed by atoms with E-state index < -0.39 is 0 Å². The first-order chi connectivity index (χ1) is 5.59. The van der Waals surface area contributed by atoms with Gasteiger partial charge in [0, 0.05) is 6.42 Å². The van der Waals surface area contributed by atoms with E-state index in [2.05, 4.69) is 9.97 Å². The Morgan fingerprint density at radius 3 is 2.83 bits per heavy atom. The lowest BCUT2D eigenvalue weighted by Crippen LogP contribution is -2.01. The minimum Gasteiger partial charge on any atom is -0.300 e. The minimum absolute atomic E-state index is 0.0750. The number of aromatic nitrogens is 2. The Kier molecular flexibility index (Phi) is 2.76. The van der Waals surface area contributed by atoms with Crippen molar-refractivity contribution < 1.29 is 4.79 Å². The molecule has 0 unspecified atom stereocenters. The molecule has 1 heterocycles. The number of aryl methyl sites for hydroxylation is 1. The van der Waals surface area contributed by atoms with Crippen molar-refractivity contribution in [1.29, 1.82) is 0 Å². The van der Waals surface area contributed by atoms with Gasteiger partial charge >= 0.3 is 0 Å². The fourth-order valence-electron chi connectivity index (χ4n) is 0.855. The molecule has 0 radical (unpaired) electrons. The molecule has 0 bridgehead atoms. The standard InChI is InChI=1S/C8H9ClN2O/c1-5(12)3-7-4-10-8(9)6(2)11-7/h4H,3H2,1-2H3. The number of nitrogens with zero attached hydrogens (tertiary/aromatic N) is 2. The summed E-state index contributed by atoms with van der Waals surface area (Å²) in [6, 6.07) is 0. The quantitative estimate of drug-likeness (QED) is 0.701. The van der Waals surface area contributed by atoms with E-state index in [1.54, 1.807) is 6.92 Å². The number of carbonyl (C=O) groups excluding carboxylic acids is 1. The molecule has 0 atom stereocenters. The second kappa shape index (κ2) is 3.63. The molecule has 0 saturated heterocycles. The van der Waals surface area contributed by atoms with Gasteiger partial charge in [0.2, 0.25) is 0 Å². The molecule has 0 aliphatic rings. The first-order valence-electron chi connectivity index (χ1n) is 3.57. The summed E-state index contributed by atoms with van der Waals surface area (Å²) >= 11 is 5.66. The summed E-state index contributed by atoms with van der Waals surface area (Å²) in [7, 11) is 0. The van der Waals surface area contributed by atoms with Crippen LogP contribution in [0.4, 0.5) is 0 Å². The van der Waals surface area contributed by atoms with E-state index in [-0.39, 0.29) is 5.78 Å². The van der Waals surface area contributed by atoms with Crippen LogP contribution in [0.15, 0.2) is 6.20 Å². The van der Waals surface area contributed by atoms with Gasteiger partial charge in [-0.25, -0.2) is 4.98 Å². The number of rotatable bonds is 2. The second-order valence-corrected chi connectivity index (χ2v) is 2.97. The number of hydrogen-bond donors (Lipinski definition) is 0. The summed E-state index contributed by atoms with van der Waals surface area (Å²) in [5, 5.41) is 0.391. The molecule has 1 rings (SSSR count). The lowest BCUT2D eigenvalue weighted by molar-refractivity contribution is -0.116. The maximum Gasteiger partial charge on any atom is 0.150 e. The van der Waals surface area contributed by atoms with E-state index >= 15 is 0 Å². The third-order valence-electron chi connectivity index (χ3n) is 1.37. The number of Topliss-reactive ketones (excluding diaryl/α,β-unsaturated/α-hetero) is 1. The van der Waals surface area contributed by atoms with Crippen molar-refractivity contribution in [1.82, 2.24) is 9.97 Å². The summed E-state index contributed by atoms with van der Waals surface area (Å²) in [5.74, 6) is 0.0750. The largest absolute Gasteiger partial charge is 0.300 e. The molecule has 64 valence electrons. The van der Waals surface area contributed by atoms with Crippen LogP contribution in [0.2, 0.25) is 5.15 Å². The molecule has 0 aromatic carbocycles. The minimum atomic E-state index is 0.0750. The van der Waals surface area contributed by atoms with E-state index in [0.29, 0.717) is 23.0 Å². The molecular weight excluding hydrogens is 176 g/mol. The fraction of sp³-hybridized carbons (Fsp3) is 0.375. The SMILES string of the molecule is CC(=O)Cc1cnc(Cl)c(C)n1. The van der Waals surface area contributed by atoms with Crippen LogP contribution in [-0.4, -0.2) is 15.8 Å². The average Bonchev–Trinajstić information content (AvgIpc) is 1.96. The third kappa shape index (κ3) is 2.27. The van der Waals surface area contributed by atoms with Crippen molar-refractivity contribution >= 4 is 17.4 Å². The Balaban J connectivity index is 2.89. The fourth-order valence-corrected chi connectivity index (χ4v) is 0.946. The Morgan fingerprint density at radius 2 is 2.33 bits per heavy atom. The summed E-state index contributed by atoms with van der Waals surface area (Å²) in [6.45, 7) is 3.28. The van der Waals surface area contributed by atoms with Crippen molar-refractivity contribution in [2.24, 2.45) is 0 Å². The smallest absolute Gasteiger partial charge is 0.150 e. The highest BCUT2D eigenvalue weighted by molar-refractivity contribution is 6.29. The molecule has 0 spiro atoms. The van der Waals surface area contributed by atoms with Gasteiger partial charge < -0.3 is 0 Å². The highest BCUT2D eigenvalue weighted by Gasteiger charge is 2.02. The highest BCUT2D eigenvalue weighted by Crippen LogP contribution is 2.08. The zero-order valence-corrected chi connectivity index (χ0v) is 7.72. The third-order valence-corrected chi connectivity index (χ3v) is 1.74. The second-order valence-electron chi connectivity index (χ2n) is 2.62.